The fourth-order valence-electron chi connectivity index (χ4n) is 4.50. The third kappa shape index (κ3) is 2.96. The van der Waals surface area contributed by atoms with E-state index in [0.29, 0.717) is 16.8 Å². The molecule has 5 heterocycles. The van der Waals surface area contributed by atoms with E-state index in [-0.39, 0.29) is 17.4 Å². The summed E-state index contributed by atoms with van der Waals surface area (Å²) in [4.78, 5) is 39.7. The highest BCUT2D eigenvalue weighted by Gasteiger charge is 2.38. The van der Waals surface area contributed by atoms with Crippen LogP contribution in [0.25, 0.3) is 22.9 Å². The lowest BCUT2D eigenvalue weighted by Crippen LogP contribution is -2.50. The van der Waals surface area contributed by atoms with E-state index in [1.165, 1.54) is 0 Å². The summed E-state index contributed by atoms with van der Waals surface area (Å²) in [6.45, 7) is 8.04. The molecule has 0 saturated heterocycles. The van der Waals surface area contributed by atoms with E-state index >= 15 is 0 Å². The van der Waals surface area contributed by atoms with Gasteiger partial charge >= 0.3 is 0 Å². The molecular weight excluding hydrogens is 402 g/mol. The van der Waals surface area contributed by atoms with E-state index < -0.39 is 0 Å². The van der Waals surface area contributed by atoms with Crippen LogP contribution in [0.3, 0.4) is 0 Å². The molecule has 3 aromatic rings. The number of nitrogens with zero attached hydrogens (tertiary/aromatic N) is 3. The maximum atomic E-state index is 13.0. The second-order valence-corrected chi connectivity index (χ2v) is 9.19. The van der Waals surface area contributed by atoms with E-state index in [1.54, 1.807) is 23.5 Å². The van der Waals surface area contributed by atoms with Crippen LogP contribution in [0.15, 0.2) is 30.7 Å². The van der Waals surface area contributed by atoms with Crippen molar-refractivity contribution in [2.45, 2.75) is 39.7 Å². The van der Waals surface area contributed by atoms with Gasteiger partial charge in [-0.15, -0.1) is 0 Å². The Morgan fingerprint density at radius 1 is 1.16 bits per heavy atom. The van der Waals surface area contributed by atoms with Gasteiger partial charge in [-0.25, -0.2) is 0 Å². The van der Waals surface area contributed by atoms with Gasteiger partial charge in [-0.3, -0.25) is 19.6 Å². The maximum Gasteiger partial charge on any atom is 0.256 e. The molecule has 0 unspecified atom stereocenters. The van der Waals surface area contributed by atoms with Gasteiger partial charge in [0.2, 0.25) is 0 Å². The lowest BCUT2D eigenvalue weighted by atomic mass is 9.88. The molecule has 0 saturated carbocycles. The van der Waals surface area contributed by atoms with Crippen LogP contribution in [0.4, 0.5) is 5.69 Å². The molecule has 2 aliphatic rings. The van der Waals surface area contributed by atoms with E-state index in [2.05, 4.69) is 34.1 Å². The fraction of sp³-hybridized carbons (Fsp3) is 0.280. The number of likely N-dealkylation sites (N-methyl/N-ethyl adjacent to an activating group) is 1. The lowest BCUT2D eigenvalue weighted by Gasteiger charge is -2.39. The van der Waals surface area contributed by atoms with Crippen molar-refractivity contribution in [3.05, 3.63) is 64.4 Å². The Labute approximate surface area is 186 Å². The first kappa shape index (κ1) is 20.2. The van der Waals surface area contributed by atoms with Gasteiger partial charge in [0.05, 0.1) is 28.7 Å². The predicted molar refractivity (Wildman–Crippen MR) is 124 cm³/mol. The van der Waals surface area contributed by atoms with Crippen molar-refractivity contribution in [2.24, 2.45) is 0 Å². The van der Waals surface area contributed by atoms with E-state index in [4.69, 9.17) is 0 Å². The number of aromatic nitrogens is 3. The van der Waals surface area contributed by atoms with Crippen LogP contribution in [-0.2, 0) is 11.2 Å². The highest BCUT2D eigenvalue weighted by molar-refractivity contribution is 6.35. The number of H-pyrrole nitrogens is 1. The van der Waals surface area contributed by atoms with Crippen LogP contribution in [-0.4, -0.2) is 44.3 Å². The summed E-state index contributed by atoms with van der Waals surface area (Å²) in [6, 6.07) is 3.86. The number of hydrogen-bond donors (Lipinski definition) is 2. The molecule has 7 heteroatoms. The smallest absolute Gasteiger partial charge is 0.256 e. The zero-order valence-electron chi connectivity index (χ0n) is 18.8. The summed E-state index contributed by atoms with van der Waals surface area (Å²) >= 11 is 0. The van der Waals surface area contributed by atoms with Crippen LogP contribution in [0.1, 0.15) is 52.3 Å². The predicted octanol–water partition coefficient (Wildman–Crippen LogP) is 3.99. The van der Waals surface area contributed by atoms with Crippen LogP contribution in [0.2, 0.25) is 0 Å². The Bertz CT molecular complexity index is 1330. The van der Waals surface area contributed by atoms with Gasteiger partial charge < -0.3 is 15.2 Å². The first-order valence-corrected chi connectivity index (χ1v) is 10.6. The van der Waals surface area contributed by atoms with Gasteiger partial charge in [-0.2, -0.15) is 0 Å². The zero-order chi connectivity index (χ0) is 22.8. The molecule has 2 aliphatic heterocycles. The van der Waals surface area contributed by atoms with E-state index in [9.17, 15) is 9.59 Å². The minimum Gasteiger partial charge on any atom is -0.358 e. The minimum atomic E-state index is -0.273. The number of amides is 2. The summed E-state index contributed by atoms with van der Waals surface area (Å²) < 4.78 is 0. The average molecular weight is 428 g/mol. The summed E-state index contributed by atoms with van der Waals surface area (Å²) in [5.41, 5.74) is 7.76. The number of aryl methyl sites for hydroxylation is 1. The van der Waals surface area contributed by atoms with Crippen molar-refractivity contribution in [3.8, 4) is 11.3 Å². The molecule has 5 rings (SSSR count). The van der Waals surface area contributed by atoms with Crippen molar-refractivity contribution in [2.75, 3.05) is 12.4 Å². The highest BCUT2D eigenvalue weighted by atomic mass is 16.2. The second kappa shape index (κ2) is 6.88. The molecule has 32 heavy (non-hydrogen) atoms. The molecule has 2 amide bonds. The Morgan fingerprint density at radius 3 is 2.69 bits per heavy atom. The number of fused-ring (bicyclic) bond motifs is 2. The lowest BCUT2D eigenvalue weighted by molar-refractivity contribution is -0.110. The summed E-state index contributed by atoms with van der Waals surface area (Å²) in [5.74, 6) is -0.179. The van der Waals surface area contributed by atoms with Crippen LogP contribution in [0.5, 0.6) is 0 Å². The topological polar surface area (TPSA) is 91.0 Å². The Morgan fingerprint density at radius 2 is 1.94 bits per heavy atom. The third-order valence-electron chi connectivity index (χ3n) is 6.69. The quantitative estimate of drug-likeness (QED) is 0.605. The van der Waals surface area contributed by atoms with Crippen molar-refractivity contribution >= 4 is 29.2 Å². The van der Waals surface area contributed by atoms with Gasteiger partial charge in [-0.05, 0) is 57.0 Å². The maximum absolute atomic E-state index is 13.0. The van der Waals surface area contributed by atoms with Gasteiger partial charge in [0.15, 0.2) is 0 Å². The van der Waals surface area contributed by atoms with E-state index in [0.717, 1.165) is 45.8 Å². The Kier molecular flexibility index (Phi) is 4.34. The van der Waals surface area contributed by atoms with Gasteiger partial charge in [0, 0.05) is 53.9 Å². The fourth-order valence-corrected chi connectivity index (χ4v) is 4.50. The monoisotopic (exact) mass is 427 g/mol. The highest BCUT2D eigenvalue weighted by Crippen LogP contribution is 2.38. The molecule has 0 bridgehead atoms. The van der Waals surface area contributed by atoms with Crippen molar-refractivity contribution in [3.63, 3.8) is 0 Å². The third-order valence-corrected chi connectivity index (χ3v) is 6.69. The van der Waals surface area contributed by atoms with Gasteiger partial charge in [0.25, 0.3) is 11.8 Å². The summed E-state index contributed by atoms with van der Waals surface area (Å²) in [7, 11) is 1.84. The number of rotatable bonds is 2. The van der Waals surface area contributed by atoms with Crippen LogP contribution in [0, 0.1) is 13.8 Å². The molecule has 162 valence electrons. The largest absolute Gasteiger partial charge is 0.358 e. The number of pyridine rings is 2. The summed E-state index contributed by atoms with van der Waals surface area (Å²) in [6.07, 6.45) is 7.78. The number of aromatic amines is 1. The Hall–Kier alpha value is -3.74. The molecule has 3 aromatic heterocycles. The standard InChI is InChI=1S/C25H25N5O2/c1-13-6-7-26-11-17(13)19-8-15-16(23(31)29-21(15)12-27-19)9-18-14(2)22-20(28-18)10-25(3,4)30(5)24(22)32/h6-9,11-12,28H,10H2,1-5H3,(H,29,31). The molecule has 0 atom stereocenters. The first-order valence-electron chi connectivity index (χ1n) is 10.6. The zero-order valence-corrected chi connectivity index (χ0v) is 18.8. The van der Waals surface area contributed by atoms with Crippen LogP contribution < -0.4 is 5.32 Å². The summed E-state index contributed by atoms with van der Waals surface area (Å²) in [5, 5.41) is 2.90. The molecule has 0 aliphatic carbocycles. The van der Waals surface area contributed by atoms with E-state index in [1.807, 2.05) is 39.1 Å². The van der Waals surface area contributed by atoms with Crippen molar-refractivity contribution < 1.29 is 9.59 Å². The number of anilines is 1. The number of carbonyl (C=O) groups excluding carboxylic acids is 2. The number of hydrogen-bond acceptors (Lipinski definition) is 4. The SMILES string of the molecule is Cc1ccncc1-c1cc2c(cn1)NC(=O)C2=Cc1[nH]c2c(c1C)C(=O)N(C)C(C)(C)C2. The van der Waals surface area contributed by atoms with Crippen molar-refractivity contribution in [1.29, 1.82) is 0 Å². The molecule has 0 radical (unpaired) electrons. The molecule has 0 aromatic carbocycles. The first-order chi connectivity index (χ1) is 15.2. The molecule has 0 fully saturated rings. The molecule has 7 nitrogen and oxygen atoms in total. The normalized spacial score (nSPS) is 18.0. The van der Waals surface area contributed by atoms with Crippen LogP contribution >= 0.6 is 0 Å². The Balaban J connectivity index is 1.61. The number of carbonyl (C=O) groups is 2. The van der Waals surface area contributed by atoms with Gasteiger partial charge in [-0.1, -0.05) is 0 Å². The molecule has 2 N–H and O–H groups in total. The number of nitrogens with one attached hydrogen (secondary N) is 2. The second-order valence-electron chi connectivity index (χ2n) is 9.19. The molecule has 0 spiro atoms. The van der Waals surface area contributed by atoms with Gasteiger partial charge in [0.1, 0.15) is 0 Å². The minimum absolute atomic E-state index is 0.00413. The average Bonchev–Trinajstić information content (AvgIpc) is 3.22. The molecular formula is C25H25N5O2. The van der Waals surface area contributed by atoms with Crippen molar-refractivity contribution in [1.82, 2.24) is 19.9 Å².